The normalized spacial score (nSPS) is 10.6. The van der Waals surface area contributed by atoms with Crippen LogP contribution in [0.2, 0.25) is 0 Å². The van der Waals surface area contributed by atoms with Crippen molar-refractivity contribution in [1.29, 1.82) is 0 Å². The molecule has 0 saturated heterocycles. The van der Waals surface area contributed by atoms with E-state index in [-0.39, 0.29) is 18.1 Å². The van der Waals surface area contributed by atoms with Crippen LogP contribution in [0.25, 0.3) is 5.65 Å². The molecule has 0 fully saturated rings. The van der Waals surface area contributed by atoms with E-state index in [1.54, 1.807) is 36.2 Å². The standard InChI is InChI=1S/C17H16FN5O3/c1-22(10-15(24)26-2)14-9-5-8-13-19-17(21-23(13)14)20-16(25)11-6-3-4-7-12(11)18/h3-9H,10H2,1-2H3,(H,20,21,25). The van der Waals surface area contributed by atoms with Crippen molar-refractivity contribution >= 4 is 29.3 Å². The number of hydrogen-bond acceptors (Lipinski definition) is 6. The molecule has 3 aromatic rings. The van der Waals surface area contributed by atoms with Crippen molar-refractivity contribution in [2.45, 2.75) is 0 Å². The van der Waals surface area contributed by atoms with Crippen LogP contribution in [0, 0.1) is 5.82 Å². The number of nitrogens with zero attached hydrogens (tertiary/aromatic N) is 4. The number of esters is 1. The molecule has 26 heavy (non-hydrogen) atoms. The largest absolute Gasteiger partial charge is 0.468 e. The van der Waals surface area contributed by atoms with Gasteiger partial charge in [-0.3, -0.25) is 14.9 Å². The number of rotatable bonds is 5. The highest BCUT2D eigenvalue weighted by Crippen LogP contribution is 2.17. The van der Waals surface area contributed by atoms with Gasteiger partial charge in [0, 0.05) is 7.05 Å². The molecule has 0 bridgehead atoms. The van der Waals surface area contributed by atoms with Gasteiger partial charge < -0.3 is 9.64 Å². The molecule has 134 valence electrons. The Morgan fingerprint density at radius 3 is 2.73 bits per heavy atom. The summed E-state index contributed by atoms with van der Waals surface area (Å²) in [6.07, 6.45) is 0. The number of hydrogen-bond donors (Lipinski definition) is 1. The zero-order chi connectivity index (χ0) is 18.7. The van der Waals surface area contributed by atoms with Gasteiger partial charge in [0.15, 0.2) is 5.65 Å². The number of likely N-dealkylation sites (N-methyl/N-ethyl adjacent to an activating group) is 1. The summed E-state index contributed by atoms with van der Waals surface area (Å²) < 4.78 is 19.8. The van der Waals surface area contributed by atoms with Crippen LogP contribution in [0.5, 0.6) is 0 Å². The molecule has 0 unspecified atom stereocenters. The van der Waals surface area contributed by atoms with E-state index in [4.69, 9.17) is 0 Å². The number of anilines is 2. The van der Waals surface area contributed by atoms with Gasteiger partial charge in [-0.05, 0) is 24.3 Å². The maximum Gasteiger partial charge on any atom is 0.325 e. The second-order valence-electron chi connectivity index (χ2n) is 5.46. The van der Waals surface area contributed by atoms with Gasteiger partial charge in [-0.2, -0.15) is 9.50 Å². The second kappa shape index (κ2) is 7.18. The third kappa shape index (κ3) is 3.46. The average molecular weight is 357 g/mol. The van der Waals surface area contributed by atoms with Crippen LogP contribution >= 0.6 is 0 Å². The van der Waals surface area contributed by atoms with Crippen LogP contribution in [-0.2, 0) is 9.53 Å². The highest BCUT2D eigenvalue weighted by atomic mass is 19.1. The van der Waals surface area contributed by atoms with E-state index in [2.05, 4.69) is 20.1 Å². The number of methoxy groups -OCH3 is 1. The average Bonchev–Trinajstić information content (AvgIpc) is 3.03. The Bertz CT molecular complexity index is 972. The van der Waals surface area contributed by atoms with Gasteiger partial charge in [-0.25, -0.2) is 4.39 Å². The molecule has 0 aliphatic rings. The minimum absolute atomic E-state index is 0.0202. The maximum atomic E-state index is 13.7. The Kier molecular flexibility index (Phi) is 4.78. The van der Waals surface area contributed by atoms with E-state index in [0.29, 0.717) is 11.5 Å². The molecule has 1 amide bonds. The highest BCUT2D eigenvalue weighted by Gasteiger charge is 2.16. The summed E-state index contributed by atoms with van der Waals surface area (Å²) in [7, 11) is 3.01. The predicted molar refractivity (Wildman–Crippen MR) is 92.6 cm³/mol. The molecule has 9 heteroatoms. The van der Waals surface area contributed by atoms with E-state index in [1.807, 2.05) is 0 Å². The monoisotopic (exact) mass is 357 g/mol. The summed E-state index contributed by atoms with van der Waals surface area (Å²) in [4.78, 5) is 29.5. The number of aromatic nitrogens is 3. The van der Waals surface area contributed by atoms with Crippen LogP contribution < -0.4 is 10.2 Å². The number of carbonyl (C=O) groups is 2. The zero-order valence-electron chi connectivity index (χ0n) is 14.1. The highest BCUT2D eigenvalue weighted by molar-refractivity contribution is 6.03. The fourth-order valence-corrected chi connectivity index (χ4v) is 2.39. The molecular formula is C17H16FN5O3. The molecular weight excluding hydrogens is 341 g/mol. The lowest BCUT2D eigenvalue weighted by Crippen LogP contribution is -2.28. The fraction of sp³-hybridized carbons (Fsp3) is 0.176. The minimum Gasteiger partial charge on any atom is -0.468 e. The van der Waals surface area contributed by atoms with Gasteiger partial charge in [0.05, 0.1) is 12.7 Å². The number of amides is 1. The van der Waals surface area contributed by atoms with Gasteiger partial charge >= 0.3 is 5.97 Å². The third-order valence-corrected chi connectivity index (χ3v) is 3.67. The molecule has 0 spiro atoms. The lowest BCUT2D eigenvalue weighted by Gasteiger charge is -2.17. The lowest BCUT2D eigenvalue weighted by atomic mass is 10.2. The van der Waals surface area contributed by atoms with Crippen molar-refractivity contribution in [1.82, 2.24) is 14.6 Å². The van der Waals surface area contributed by atoms with Gasteiger partial charge in [-0.1, -0.05) is 18.2 Å². The summed E-state index contributed by atoms with van der Waals surface area (Å²) in [5.41, 5.74) is 0.359. The summed E-state index contributed by atoms with van der Waals surface area (Å²) >= 11 is 0. The molecule has 0 radical (unpaired) electrons. The van der Waals surface area contributed by atoms with Crippen molar-refractivity contribution in [2.24, 2.45) is 0 Å². The van der Waals surface area contributed by atoms with Crippen LogP contribution in [-0.4, -0.2) is 47.2 Å². The number of carbonyl (C=O) groups excluding carboxylic acids is 2. The summed E-state index contributed by atoms with van der Waals surface area (Å²) in [5.74, 6) is -1.09. The Morgan fingerprint density at radius 2 is 2.00 bits per heavy atom. The minimum atomic E-state index is -0.650. The molecule has 8 nitrogen and oxygen atoms in total. The van der Waals surface area contributed by atoms with Crippen LogP contribution in [0.1, 0.15) is 10.4 Å². The molecule has 1 aromatic carbocycles. The van der Waals surface area contributed by atoms with Gasteiger partial charge in [-0.15, -0.1) is 5.10 Å². The van der Waals surface area contributed by atoms with Crippen molar-refractivity contribution in [2.75, 3.05) is 30.9 Å². The number of pyridine rings is 1. The van der Waals surface area contributed by atoms with Crippen molar-refractivity contribution in [3.05, 3.63) is 53.8 Å². The number of nitrogens with one attached hydrogen (secondary N) is 1. The van der Waals surface area contributed by atoms with Gasteiger partial charge in [0.25, 0.3) is 5.91 Å². The van der Waals surface area contributed by atoms with Crippen LogP contribution in [0.4, 0.5) is 16.2 Å². The molecule has 0 saturated carbocycles. The van der Waals surface area contributed by atoms with E-state index in [9.17, 15) is 14.0 Å². The molecule has 0 atom stereocenters. The van der Waals surface area contributed by atoms with Crippen molar-refractivity contribution in [3.63, 3.8) is 0 Å². The molecule has 3 rings (SSSR count). The molecule has 2 heterocycles. The number of halogens is 1. The Morgan fingerprint density at radius 1 is 1.23 bits per heavy atom. The fourth-order valence-electron chi connectivity index (χ4n) is 2.39. The number of fused-ring (bicyclic) bond motifs is 1. The summed E-state index contributed by atoms with van der Waals surface area (Å²) in [6, 6.07) is 10.8. The third-order valence-electron chi connectivity index (χ3n) is 3.67. The van der Waals surface area contributed by atoms with Crippen molar-refractivity contribution < 1.29 is 18.7 Å². The predicted octanol–water partition coefficient (Wildman–Crippen LogP) is 1.73. The first-order chi connectivity index (χ1) is 12.5. The van der Waals surface area contributed by atoms with E-state index >= 15 is 0 Å². The molecule has 1 N–H and O–H groups in total. The van der Waals surface area contributed by atoms with Gasteiger partial charge in [0.1, 0.15) is 18.2 Å². The molecule has 0 aliphatic heterocycles. The van der Waals surface area contributed by atoms with Crippen LogP contribution in [0.3, 0.4) is 0 Å². The lowest BCUT2D eigenvalue weighted by molar-refractivity contribution is -0.138. The molecule has 0 aliphatic carbocycles. The van der Waals surface area contributed by atoms with E-state index < -0.39 is 17.7 Å². The van der Waals surface area contributed by atoms with Crippen molar-refractivity contribution in [3.8, 4) is 0 Å². The van der Waals surface area contributed by atoms with Gasteiger partial charge in [0.2, 0.25) is 5.95 Å². The van der Waals surface area contributed by atoms with E-state index in [1.165, 1.54) is 29.8 Å². The SMILES string of the molecule is COC(=O)CN(C)c1cccc2nc(NC(=O)c3ccccc3F)nn12. The second-order valence-corrected chi connectivity index (χ2v) is 5.46. The summed E-state index contributed by atoms with van der Waals surface area (Å²) in [6.45, 7) is 0.0202. The first-order valence-corrected chi connectivity index (χ1v) is 7.69. The Hall–Kier alpha value is -3.49. The smallest absolute Gasteiger partial charge is 0.325 e. The maximum absolute atomic E-state index is 13.7. The summed E-state index contributed by atoms with van der Waals surface area (Å²) in [5, 5.41) is 6.69. The first-order valence-electron chi connectivity index (χ1n) is 7.69. The Labute approximate surface area is 148 Å². The zero-order valence-corrected chi connectivity index (χ0v) is 14.1. The first kappa shape index (κ1) is 17.3. The Balaban J connectivity index is 1.88. The van der Waals surface area contributed by atoms with E-state index in [0.717, 1.165) is 0 Å². The quantitative estimate of drug-likeness (QED) is 0.700. The van der Waals surface area contributed by atoms with Crippen LogP contribution in [0.15, 0.2) is 42.5 Å². The number of benzene rings is 1. The molecule has 2 aromatic heterocycles. The topological polar surface area (TPSA) is 88.8 Å². The number of ether oxygens (including phenoxy) is 1.